The maximum absolute atomic E-state index is 12.3. The van der Waals surface area contributed by atoms with E-state index >= 15 is 0 Å². The summed E-state index contributed by atoms with van der Waals surface area (Å²) in [5.74, 6) is -0.243. The highest BCUT2D eigenvalue weighted by Crippen LogP contribution is 2.38. The number of aromatic nitrogens is 1. The van der Waals surface area contributed by atoms with E-state index in [4.69, 9.17) is 5.14 Å². The number of H-pyrrole nitrogens is 1. The molecule has 0 saturated heterocycles. The predicted octanol–water partition coefficient (Wildman–Crippen LogP) is 1.94. The van der Waals surface area contributed by atoms with E-state index in [1.807, 2.05) is 19.1 Å². The Kier molecular flexibility index (Phi) is 3.38. The Morgan fingerprint density at radius 1 is 1.27 bits per heavy atom. The molecule has 1 amide bonds. The molecule has 0 unspecified atom stereocenters. The van der Waals surface area contributed by atoms with Crippen molar-refractivity contribution in [3.05, 3.63) is 47.8 Å². The molecule has 0 radical (unpaired) electrons. The number of primary sulfonamides is 1. The topological polar surface area (TPSA) is 105 Å². The van der Waals surface area contributed by atoms with Crippen molar-refractivity contribution in [1.29, 1.82) is 0 Å². The van der Waals surface area contributed by atoms with E-state index < -0.39 is 10.0 Å². The van der Waals surface area contributed by atoms with Gasteiger partial charge in [-0.1, -0.05) is 6.92 Å². The van der Waals surface area contributed by atoms with Crippen molar-refractivity contribution < 1.29 is 13.2 Å². The van der Waals surface area contributed by atoms with Gasteiger partial charge in [0.2, 0.25) is 10.0 Å². The molecule has 1 aliphatic heterocycles. The summed E-state index contributed by atoms with van der Waals surface area (Å²) in [6.07, 6.45) is 2.41. The number of anilines is 1. The van der Waals surface area contributed by atoms with Crippen LogP contribution in [0.25, 0.3) is 11.1 Å². The van der Waals surface area contributed by atoms with E-state index in [1.54, 1.807) is 12.3 Å². The normalized spacial score (nSPS) is 16.4. The maximum Gasteiger partial charge on any atom is 0.256 e. The lowest BCUT2D eigenvalue weighted by atomic mass is 9.97. The molecule has 2 aromatic rings. The molecule has 114 valence electrons. The molecule has 1 aliphatic rings. The van der Waals surface area contributed by atoms with E-state index in [0.29, 0.717) is 23.2 Å². The number of rotatable bonds is 3. The Labute approximate surface area is 128 Å². The molecule has 1 aromatic heterocycles. The van der Waals surface area contributed by atoms with Crippen LogP contribution in [0.15, 0.2) is 41.4 Å². The van der Waals surface area contributed by atoms with Crippen LogP contribution in [0.3, 0.4) is 0 Å². The molecule has 0 spiro atoms. The minimum Gasteiger partial charge on any atom is -0.361 e. The van der Waals surface area contributed by atoms with Crippen LogP contribution >= 0.6 is 0 Å². The number of sulfonamides is 1. The lowest BCUT2D eigenvalue weighted by Crippen LogP contribution is -2.12. The number of hydrogen-bond donors (Lipinski definition) is 3. The minimum absolute atomic E-state index is 0.0119. The van der Waals surface area contributed by atoms with E-state index in [9.17, 15) is 13.2 Å². The van der Waals surface area contributed by atoms with E-state index in [0.717, 1.165) is 11.3 Å². The highest BCUT2D eigenvalue weighted by Gasteiger charge is 2.29. The van der Waals surface area contributed by atoms with Gasteiger partial charge in [-0.2, -0.15) is 0 Å². The largest absolute Gasteiger partial charge is 0.361 e. The van der Waals surface area contributed by atoms with Gasteiger partial charge in [-0.05, 0) is 42.3 Å². The van der Waals surface area contributed by atoms with Gasteiger partial charge in [0.25, 0.3) is 5.91 Å². The van der Waals surface area contributed by atoms with Gasteiger partial charge < -0.3 is 10.3 Å². The van der Waals surface area contributed by atoms with Crippen LogP contribution in [0, 0.1) is 0 Å². The number of aromatic amines is 1. The molecule has 0 saturated carbocycles. The van der Waals surface area contributed by atoms with Gasteiger partial charge in [-0.15, -0.1) is 0 Å². The van der Waals surface area contributed by atoms with Crippen molar-refractivity contribution in [3.63, 3.8) is 0 Å². The molecular weight excluding hydrogens is 302 g/mol. The Morgan fingerprint density at radius 3 is 2.64 bits per heavy atom. The molecule has 4 N–H and O–H groups in total. The first kappa shape index (κ1) is 14.6. The Morgan fingerprint density at radius 2 is 2.05 bits per heavy atom. The molecule has 2 heterocycles. The first-order valence-electron chi connectivity index (χ1n) is 6.77. The molecule has 3 rings (SSSR count). The highest BCUT2D eigenvalue weighted by molar-refractivity contribution is 7.89. The maximum atomic E-state index is 12.3. The fraction of sp³-hybridized carbons (Fsp3) is 0.133. The van der Waals surface area contributed by atoms with Crippen molar-refractivity contribution in [2.75, 3.05) is 5.32 Å². The molecule has 22 heavy (non-hydrogen) atoms. The molecule has 6 nitrogen and oxygen atoms in total. The number of benzene rings is 1. The van der Waals surface area contributed by atoms with Crippen molar-refractivity contribution in [1.82, 2.24) is 4.98 Å². The van der Waals surface area contributed by atoms with E-state index in [1.165, 1.54) is 12.1 Å². The number of amides is 1. The smallest absolute Gasteiger partial charge is 0.256 e. The zero-order valence-corrected chi connectivity index (χ0v) is 12.7. The van der Waals surface area contributed by atoms with Gasteiger partial charge in [0.05, 0.1) is 10.5 Å². The summed E-state index contributed by atoms with van der Waals surface area (Å²) in [6.45, 7) is 1.94. The van der Waals surface area contributed by atoms with Crippen molar-refractivity contribution in [2.24, 2.45) is 5.14 Å². The minimum atomic E-state index is -3.82. The van der Waals surface area contributed by atoms with Gasteiger partial charge in [0.15, 0.2) is 0 Å². The van der Waals surface area contributed by atoms with Crippen molar-refractivity contribution >= 4 is 32.8 Å². The number of hydrogen-bond acceptors (Lipinski definition) is 3. The molecule has 7 heteroatoms. The van der Waals surface area contributed by atoms with E-state index in [-0.39, 0.29) is 10.8 Å². The van der Waals surface area contributed by atoms with E-state index in [2.05, 4.69) is 10.3 Å². The van der Waals surface area contributed by atoms with Crippen LogP contribution in [0.4, 0.5) is 5.69 Å². The van der Waals surface area contributed by atoms with Gasteiger partial charge in [0, 0.05) is 23.1 Å². The van der Waals surface area contributed by atoms with Crippen LogP contribution in [0.1, 0.15) is 24.6 Å². The van der Waals surface area contributed by atoms with Gasteiger partial charge in [-0.3, -0.25) is 4.79 Å². The van der Waals surface area contributed by atoms with Crippen LogP contribution in [-0.2, 0) is 14.8 Å². The number of allylic oxidation sites excluding steroid dienone is 1. The van der Waals surface area contributed by atoms with Crippen LogP contribution in [0.2, 0.25) is 0 Å². The molecule has 0 aliphatic carbocycles. The summed E-state index contributed by atoms with van der Waals surface area (Å²) in [6, 6.07) is 8.11. The van der Waals surface area contributed by atoms with Gasteiger partial charge in [-0.25, -0.2) is 13.6 Å². The van der Waals surface area contributed by atoms with Crippen molar-refractivity contribution in [3.8, 4) is 0 Å². The molecular formula is C15H15N3O3S. The van der Waals surface area contributed by atoms with Gasteiger partial charge >= 0.3 is 0 Å². The number of nitrogens with two attached hydrogens (primary N) is 1. The monoisotopic (exact) mass is 317 g/mol. The number of carbonyl (C=O) groups is 1. The average molecular weight is 317 g/mol. The fourth-order valence-electron chi connectivity index (χ4n) is 2.64. The molecule has 0 atom stereocenters. The molecule has 0 bridgehead atoms. The molecule has 1 aromatic carbocycles. The standard InChI is InChI=1S/C15H15N3O3S/c1-2-10(12-4-3-7-17-12)14-11-8-9(22(16,20)21)5-6-13(11)18-15(14)19/h3-8,17H,2H2,1H3,(H,18,19)(H2,16,20,21)/b14-10-. The lowest BCUT2D eigenvalue weighted by Gasteiger charge is -2.08. The zero-order valence-electron chi connectivity index (χ0n) is 11.9. The first-order chi connectivity index (χ1) is 10.4. The summed E-state index contributed by atoms with van der Waals surface area (Å²) < 4.78 is 23.1. The summed E-state index contributed by atoms with van der Waals surface area (Å²) in [7, 11) is -3.82. The Bertz CT molecular complexity index is 881. The van der Waals surface area contributed by atoms with Crippen LogP contribution < -0.4 is 10.5 Å². The summed E-state index contributed by atoms with van der Waals surface area (Å²) >= 11 is 0. The fourth-order valence-corrected chi connectivity index (χ4v) is 3.18. The predicted molar refractivity (Wildman–Crippen MR) is 84.3 cm³/mol. The summed E-state index contributed by atoms with van der Waals surface area (Å²) in [4.78, 5) is 15.4. The summed E-state index contributed by atoms with van der Waals surface area (Å²) in [5.41, 5.74) is 3.28. The highest BCUT2D eigenvalue weighted by atomic mass is 32.2. The SMILES string of the molecule is CC/C(=C1/C(=O)Nc2ccc(S(N)(=O)=O)cc21)c1ccc[nH]1. The number of fused-ring (bicyclic) bond motifs is 1. The average Bonchev–Trinajstić information content (AvgIpc) is 3.07. The number of carbonyl (C=O) groups excluding carboxylic acids is 1. The lowest BCUT2D eigenvalue weighted by molar-refractivity contribution is -0.110. The summed E-state index contributed by atoms with van der Waals surface area (Å²) in [5, 5.41) is 7.94. The second-order valence-electron chi connectivity index (χ2n) is 5.00. The Balaban J connectivity index is 2.26. The third-order valence-electron chi connectivity index (χ3n) is 3.64. The number of nitrogens with one attached hydrogen (secondary N) is 2. The molecule has 0 fully saturated rings. The van der Waals surface area contributed by atoms with Crippen molar-refractivity contribution in [2.45, 2.75) is 18.2 Å². The zero-order chi connectivity index (χ0) is 15.9. The quantitative estimate of drug-likeness (QED) is 0.753. The third kappa shape index (κ3) is 2.34. The van der Waals surface area contributed by atoms with Gasteiger partial charge in [0.1, 0.15) is 0 Å². The second kappa shape index (κ2) is 5.11. The van der Waals surface area contributed by atoms with Crippen LogP contribution in [-0.4, -0.2) is 19.3 Å². The third-order valence-corrected chi connectivity index (χ3v) is 4.55. The second-order valence-corrected chi connectivity index (χ2v) is 6.56. The van der Waals surface area contributed by atoms with Crippen LogP contribution in [0.5, 0.6) is 0 Å². The first-order valence-corrected chi connectivity index (χ1v) is 8.32. The Hall–Kier alpha value is -2.38.